The summed E-state index contributed by atoms with van der Waals surface area (Å²) in [5.41, 5.74) is 0. The van der Waals surface area contributed by atoms with Gasteiger partial charge >= 0.3 is 11.9 Å². The molecule has 0 fully saturated rings. The van der Waals surface area contributed by atoms with E-state index in [9.17, 15) is 9.59 Å². The molecular weight excluding hydrogens is 336 g/mol. The normalized spacial score (nSPS) is 13.3. The van der Waals surface area contributed by atoms with Gasteiger partial charge in [-0.3, -0.25) is 9.59 Å². The van der Waals surface area contributed by atoms with Crippen LogP contribution in [0.3, 0.4) is 0 Å². The van der Waals surface area contributed by atoms with E-state index >= 15 is 0 Å². The molecule has 0 amide bonds. The van der Waals surface area contributed by atoms with Crippen molar-refractivity contribution in [3.63, 3.8) is 0 Å². The fraction of sp³-hybridized carbons (Fsp3) is 0.900. The predicted molar refractivity (Wildman–Crippen MR) is 106 cm³/mol. The van der Waals surface area contributed by atoms with E-state index in [4.69, 9.17) is 9.47 Å². The summed E-state index contributed by atoms with van der Waals surface area (Å²) in [4.78, 5) is 24.4. The van der Waals surface area contributed by atoms with Crippen molar-refractivity contribution in [3.05, 3.63) is 0 Å². The zero-order valence-electron chi connectivity index (χ0n) is 16.7. The van der Waals surface area contributed by atoms with Gasteiger partial charge in [0.2, 0.25) is 0 Å². The summed E-state index contributed by atoms with van der Waals surface area (Å²) in [7, 11) is 0. The lowest BCUT2D eigenvalue weighted by molar-refractivity contribution is -0.143. The minimum atomic E-state index is -0.288. The van der Waals surface area contributed by atoms with Gasteiger partial charge in [-0.05, 0) is 25.7 Å². The van der Waals surface area contributed by atoms with Gasteiger partial charge in [0.1, 0.15) is 10.5 Å². The highest BCUT2D eigenvalue weighted by Crippen LogP contribution is 2.25. The minimum absolute atomic E-state index is 0.196. The maximum Gasteiger partial charge on any atom is 0.319 e. The molecule has 0 aromatic carbocycles. The predicted octanol–water partition coefficient (Wildman–Crippen LogP) is 5.52. The Bertz CT molecular complexity index is 315. The van der Waals surface area contributed by atoms with Gasteiger partial charge in [0.25, 0.3) is 0 Å². The molecule has 0 heterocycles. The van der Waals surface area contributed by atoms with Crippen LogP contribution in [0.2, 0.25) is 0 Å². The molecule has 0 aromatic heterocycles. The van der Waals surface area contributed by atoms with Gasteiger partial charge in [0, 0.05) is 0 Å². The second-order valence-corrected chi connectivity index (χ2v) is 7.80. The summed E-state index contributed by atoms with van der Waals surface area (Å²) in [6.45, 7) is 9.19. The Balaban J connectivity index is 4.20. The third kappa shape index (κ3) is 12.3. The lowest BCUT2D eigenvalue weighted by Crippen LogP contribution is -2.28. The summed E-state index contributed by atoms with van der Waals surface area (Å²) >= 11 is 1.39. The van der Waals surface area contributed by atoms with E-state index in [2.05, 4.69) is 13.8 Å². The van der Waals surface area contributed by atoms with Gasteiger partial charge in [-0.25, -0.2) is 0 Å². The monoisotopic (exact) mass is 374 g/mol. The van der Waals surface area contributed by atoms with Crippen molar-refractivity contribution in [3.8, 4) is 0 Å². The van der Waals surface area contributed by atoms with Gasteiger partial charge in [-0.15, -0.1) is 11.8 Å². The fourth-order valence-corrected chi connectivity index (χ4v) is 3.56. The van der Waals surface area contributed by atoms with Crippen LogP contribution in [0.15, 0.2) is 0 Å². The molecule has 0 aliphatic carbocycles. The van der Waals surface area contributed by atoms with E-state index < -0.39 is 0 Å². The molecule has 0 spiro atoms. The van der Waals surface area contributed by atoms with Crippen LogP contribution in [-0.4, -0.2) is 35.7 Å². The molecule has 0 N–H and O–H groups in total. The molecular formula is C20H38O4S. The first-order chi connectivity index (χ1) is 12.1. The van der Waals surface area contributed by atoms with Gasteiger partial charge in [-0.1, -0.05) is 66.2 Å². The standard InChI is InChI=1S/C20H38O4S/c1-5-9-11-13-15-23-19(21)17(7-3)25-18(8-4)20(22)24-16-14-12-10-6-2/h17-18H,5-16H2,1-4H3. The summed E-state index contributed by atoms with van der Waals surface area (Å²) in [6.07, 6.45) is 10.0. The van der Waals surface area contributed by atoms with Crippen molar-refractivity contribution in [2.75, 3.05) is 13.2 Å². The number of carbonyl (C=O) groups is 2. The highest BCUT2D eigenvalue weighted by atomic mass is 32.2. The largest absolute Gasteiger partial charge is 0.465 e. The van der Waals surface area contributed by atoms with E-state index in [1.807, 2.05) is 13.8 Å². The van der Waals surface area contributed by atoms with Gasteiger partial charge in [0.05, 0.1) is 13.2 Å². The average molecular weight is 375 g/mol. The number of carbonyl (C=O) groups excluding carboxylic acids is 2. The molecule has 0 aliphatic heterocycles. The van der Waals surface area contributed by atoms with E-state index in [1.54, 1.807) is 0 Å². The fourth-order valence-electron chi connectivity index (χ4n) is 2.42. The maximum absolute atomic E-state index is 12.2. The Morgan fingerprint density at radius 1 is 0.680 bits per heavy atom. The number of rotatable bonds is 16. The van der Waals surface area contributed by atoms with Crippen LogP contribution in [0.1, 0.15) is 91.9 Å². The van der Waals surface area contributed by atoms with Crippen LogP contribution < -0.4 is 0 Å². The van der Waals surface area contributed by atoms with E-state index in [0.717, 1.165) is 25.7 Å². The zero-order chi connectivity index (χ0) is 18.9. The first-order valence-corrected chi connectivity index (χ1v) is 11.0. The van der Waals surface area contributed by atoms with Crippen molar-refractivity contribution < 1.29 is 19.1 Å². The molecule has 0 saturated heterocycles. The number of esters is 2. The third-order valence-corrected chi connectivity index (χ3v) is 5.79. The van der Waals surface area contributed by atoms with Crippen LogP contribution in [0.4, 0.5) is 0 Å². The average Bonchev–Trinajstić information content (AvgIpc) is 2.62. The maximum atomic E-state index is 12.2. The Morgan fingerprint density at radius 2 is 1.08 bits per heavy atom. The molecule has 0 radical (unpaired) electrons. The van der Waals surface area contributed by atoms with Crippen LogP contribution in [0.25, 0.3) is 0 Å². The molecule has 0 aliphatic rings. The Kier molecular flexibility index (Phi) is 16.3. The minimum Gasteiger partial charge on any atom is -0.465 e. The van der Waals surface area contributed by atoms with Crippen molar-refractivity contribution >= 4 is 23.7 Å². The van der Waals surface area contributed by atoms with E-state index in [1.165, 1.54) is 37.4 Å². The smallest absolute Gasteiger partial charge is 0.319 e. The highest BCUT2D eigenvalue weighted by molar-refractivity contribution is 8.01. The first kappa shape index (κ1) is 24.3. The SMILES string of the molecule is CCCCCCOC(=O)C(CC)SC(CC)C(=O)OCCCCCC. The molecule has 0 bridgehead atoms. The second kappa shape index (κ2) is 16.7. The molecule has 4 nitrogen and oxygen atoms in total. The zero-order valence-corrected chi connectivity index (χ0v) is 17.5. The van der Waals surface area contributed by atoms with Crippen LogP contribution in [-0.2, 0) is 19.1 Å². The number of hydrogen-bond donors (Lipinski definition) is 0. The Morgan fingerprint density at radius 3 is 1.40 bits per heavy atom. The second-order valence-electron chi connectivity index (χ2n) is 6.39. The lowest BCUT2D eigenvalue weighted by atomic mass is 10.2. The summed E-state index contributed by atoms with van der Waals surface area (Å²) in [6, 6.07) is 0. The molecule has 5 heteroatoms. The van der Waals surface area contributed by atoms with Crippen molar-refractivity contribution in [2.24, 2.45) is 0 Å². The first-order valence-electron chi connectivity index (χ1n) is 10.1. The summed E-state index contributed by atoms with van der Waals surface area (Å²) in [5.74, 6) is -0.392. The molecule has 0 aromatic rings. The van der Waals surface area contributed by atoms with Crippen LogP contribution >= 0.6 is 11.8 Å². The molecule has 2 unspecified atom stereocenters. The quantitative estimate of drug-likeness (QED) is 0.263. The van der Waals surface area contributed by atoms with E-state index in [-0.39, 0.29) is 22.4 Å². The molecule has 25 heavy (non-hydrogen) atoms. The Labute approximate surface area is 158 Å². The van der Waals surface area contributed by atoms with Crippen LogP contribution in [0.5, 0.6) is 0 Å². The van der Waals surface area contributed by atoms with Crippen LogP contribution in [0, 0.1) is 0 Å². The van der Waals surface area contributed by atoms with Gasteiger partial charge in [-0.2, -0.15) is 0 Å². The topological polar surface area (TPSA) is 52.6 Å². The molecule has 148 valence electrons. The van der Waals surface area contributed by atoms with Gasteiger partial charge in [0.15, 0.2) is 0 Å². The third-order valence-electron chi connectivity index (χ3n) is 4.08. The van der Waals surface area contributed by atoms with Gasteiger partial charge < -0.3 is 9.47 Å². The van der Waals surface area contributed by atoms with Crippen molar-refractivity contribution in [2.45, 2.75) is 102 Å². The van der Waals surface area contributed by atoms with Crippen molar-refractivity contribution in [1.82, 2.24) is 0 Å². The molecule has 0 rings (SSSR count). The summed E-state index contributed by atoms with van der Waals surface area (Å²) < 4.78 is 10.8. The molecule has 2 atom stereocenters. The lowest BCUT2D eigenvalue weighted by Gasteiger charge is -2.19. The number of ether oxygens (including phenoxy) is 2. The number of unbranched alkanes of at least 4 members (excludes halogenated alkanes) is 6. The van der Waals surface area contributed by atoms with Crippen molar-refractivity contribution in [1.29, 1.82) is 0 Å². The highest BCUT2D eigenvalue weighted by Gasteiger charge is 2.27. The Hall–Kier alpha value is -0.710. The summed E-state index contributed by atoms with van der Waals surface area (Å²) in [5, 5.41) is -0.576. The number of thioether (sulfide) groups is 1. The molecule has 0 saturated carbocycles. The number of hydrogen-bond acceptors (Lipinski definition) is 5. The van der Waals surface area contributed by atoms with E-state index in [0.29, 0.717) is 26.1 Å².